The Morgan fingerprint density at radius 3 is 2.24 bits per heavy atom. The maximum atomic E-state index is 12.2. The molecule has 1 aromatic carbocycles. The van der Waals surface area contributed by atoms with Crippen LogP contribution in [0.25, 0.3) is 0 Å². The number of nitrogens with one attached hydrogen (secondary N) is 1. The van der Waals surface area contributed by atoms with Gasteiger partial charge in [-0.05, 0) is 37.5 Å². The summed E-state index contributed by atoms with van der Waals surface area (Å²) in [6, 6.07) is 5.44. The highest BCUT2D eigenvalue weighted by Crippen LogP contribution is 2.27. The van der Waals surface area contributed by atoms with Crippen molar-refractivity contribution in [3.05, 3.63) is 23.2 Å². The molecule has 1 rings (SSSR count). The van der Waals surface area contributed by atoms with Crippen LogP contribution in [0, 0.1) is 0 Å². The minimum Gasteiger partial charge on any atom is -0.376 e. The zero-order valence-corrected chi connectivity index (χ0v) is 16.5. The summed E-state index contributed by atoms with van der Waals surface area (Å²) in [6.45, 7) is 5.71. The molecule has 0 fully saturated rings. The predicted molar refractivity (Wildman–Crippen MR) is 105 cm³/mol. The van der Waals surface area contributed by atoms with Crippen molar-refractivity contribution in [2.24, 2.45) is 0 Å². The third-order valence-corrected chi connectivity index (χ3v) is 4.15. The summed E-state index contributed by atoms with van der Waals surface area (Å²) in [5, 5.41) is 3.43. The highest BCUT2D eigenvalue weighted by Gasteiger charge is 2.12. The summed E-state index contributed by atoms with van der Waals surface area (Å²) in [4.78, 5) is 28.0. The van der Waals surface area contributed by atoms with Gasteiger partial charge < -0.3 is 15.1 Å². The van der Waals surface area contributed by atoms with Crippen LogP contribution in [-0.4, -0.2) is 43.9 Å². The van der Waals surface area contributed by atoms with Crippen LogP contribution in [0.15, 0.2) is 18.2 Å². The van der Waals surface area contributed by atoms with E-state index in [0.29, 0.717) is 30.0 Å². The fourth-order valence-electron chi connectivity index (χ4n) is 2.63. The highest BCUT2D eigenvalue weighted by molar-refractivity contribution is 6.33. The molecule has 140 valence electrons. The van der Waals surface area contributed by atoms with Crippen LogP contribution in [0.5, 0.6) is 0 Å². The van der Waals surface area contributed by atoms with Gasteiger partial charge in [0, 0.05) is 45.7 Å². The van der Waals surface area contributed by atoms with Crippen LogP contribution in [0.2, 0.25) is 5.02 Å². The van der Waals surface area contributed by atoms with Crippen molar-refractivity contribution in [3.63, 3.8) is 0 Å². The smallest absolute Gasteiger partial charge is 0.224 e. The Balaban J connectivity index is 2.44. The largest absolute Gasteiger partial charge is 0.376 e. The van der Waals surface area contributed by atoms with E-state index in [2.05, 4.69) is 19.2 Å². The fourth-order valence-corrected chi connectivity index (χ4v) is 2.98. The van der Waals surface area contributed by atoms with Gasteiger partial charge in [-0.25, -0.2) is 0 Å². The standard InChI is InChI=1S/C19H30ClN3O2/c1-5-12-23(13-6-2)19(25)9-7-8-18(24)21-15-10-11-17(22(3)4)16(20)14-15/h10-11,14H,5-9,12-13H2,1-4H3,(H,21,24). The Bertz CT molecular complexity index is 570. The van der Waals surface area contributed by atoms with Crippen LogP contribution < -0.4 is 10.2 Å². The predicted octanol–water partition coefficient (Wildman–Crippen LogP) is 4.16. The normalized spacial score (nSPS) is 10.4. The molecule has 1 N–H and O–H groups in total. The first kappa shape index (κ1) is 21.3. The van der Waals surface area contributed by atoms with Crippen molar-refractivity contribution in [1.82, 2.24) is 4.90 Å². The van der Waals surface area contributed by atoms with E-state index in [1.54, 1.807) is 6.07 Å². The molecule has 0 aliphatic heterocycles. The number of carbonyl (C=O) groups is 2. The molecule has 0 radical (unpaired) electrons. The third-order valence-electron chi connectivity index (χ3n) is 3.85. The van der Waals surface area contributed by atoms with Crippen LogP contribution in [0.4, 0.5) is 11.4 Å². The lowest BCUT2D eigenvalue weighted by Crippen LogP contribution is -2.32. The third kappa shape index (κ3) is 7.34. The van der Waals surface area contributed by atoms with Gasteiger partial charge in [0.1, 0.15) is 0 Å². The maximum absolute atomic E-state index is 12.2. The first-order chi connectivity index (χ1) is 11.9. The van der Waals surface area contributed by atoms with Gasteiger partial charge in [-0.2, -0.15) is 0 Å². The monoisotopic (exact) mass is 367 g/mol. The minimum atomic E-state index is -0.0981. The number of halogens is 1. The summed E-state index contributed by atoms with van der Waals surface area (Å²) in [6.07, 6.45) is 3.20. The van der Waals surface area contributed by atoms with Crippen LogP contribution in [0.1, 0.15) is 46.0 Å². The second-order valence-corrected chi connectivity index (χ2v) is 6.75. The van der Waals surface area contributed by atoms with Gasteiger partial charge in [0.05, 0.1) is 10.7 Å². The topological polar surface area (TPSA) is 52.7 Å². The average Bonchev–Trinajstić information content (AvgIpc) is 2.54. The highest BCUT2D eigenvalue weighted by atomic mass is 35.5. The van der Waals surface area contributed by atoms with E-state index < -0.39 is 0 Å². The van der Waals surface area contributed by atoms with Crippen molar-refractivity contribution in [2.45, 2.75) is 46.0 Å². The van der Waals surface area contributed by atoms with E-state index in [9.17, 15) is 9.59 Å². The van der Waals surface area contributed by atoms with E-state index in [1.807, 2.05) is 36.0 Å². The van der Waals surface area contributed by atoms with Crippen LogP contribution in [-0.2, 0) is 9.59 Å². The Kier molecular flexibility index (Phi) is 9.35. The van der Waals surface area contributed by atoms with Gasteiger partial charge in [-0.15, -0.1) is 0 Å². The summed E-state index contributed by atoms with van der Waals surface area (Å²) in [5.74, 6) is 0.0360. The van der Waals surface area contributed by atoms with Gasteiger partial charge >= 0.3 is 0 Å². The summed E-state index contributed by atoms with van der Waals surface area (Å²) in [7, 11) is 3.83. The lowest BCUT2D eigenvalue weighted by atomic mass is 10.2. The fraction of sp³-hybridized carbons (Fsp3) is 0.579. The molecule has 0 saturated heterocycles. The summed E-state index contributed by atoms with van der Waals surface area (Å²) >= 11 is 6.20. The van der Waals surface area contributed by atoms with Gasteiger partial charge in [0.15, 0.2) is 0 Å². The molecule has 5 nitrogen and oxygen atoms in total. The van der Waals surface area contributed by atoms with E-state index >= 15 is 0 Å². The molecule has 0 aliphatic carbocycles. The molecule has 0 heterocycles. The second kappa shape index (κ2) is 11.0. The molecule has 0 atom stereocenters. The molecule has 0 bridgehead atoms. The maximum Gasteiger partial charge on any atom is 0.224 e. The van der Waals surface area contributed by atoms with Gasteiger partial charge in [-0.3, -0.25) is 9.59 Å². The quantitative estimate of drug-likeness (QED) is 0.675. The zero-order valence-electron chi connectivity index (χ0n) is 15.8. The lowest BCUT2D eigenvalue weighted by molar-refractivity contribution is -0.131. The van der Waals surface area contributed by atoms with Crippen molar-refractivity contribution >= 4 is 34.8 Å². The number of carbonyl (C=O) groups excluding carboxylic acids is 2. The Morgan fingerprint density at radius 2 is 1.72 bits per heavy atom. The number of benzene rings is 1. The summed E-state index contributed by atoms with van der Waals surface area (Å²) in [5.41, 5.74) is 1.57. The molecule has 25 heavy (non-hydrogen) atoms. The zero-order chi connectivity index (χ0) is 18.8. The van der Waals surface area contributed by atoms with Crippen molar-refractivity contribution in [1.29, 1.82) is 0 Å². The molecule has 6 heteroatoms. The van der Waals surface area contributed by atoms with Gasteiger partial charge in [0.2, 0.25) is 11.8 Å². The van der Waals surface area contributed by atoms with Crippen molar-refractivity contribution in [2.75, 3.05) is 37.4 Å². The SMILES string of the molecule is CCCN(CCC)C(=O)CCCC(=O)Nc1ccc(N(C)C)c(Cl)c1. The van der Waals surface area contributed by atoms with Gasteiger partial charge in [-0.1, -0.05) is 25.4 Å². The van der Waals surface area contributed by atoms with Crippen molar-refractivity contribution < 1.29 is 9.59 Å². The molecule has 0 spiro atoms. The molecule has 0 saturated carbocycles. The lowest BCUT2D eigenvalue weighted by Gasteiger charge is -2.21. The summed E-state index contributed by atoms with van der Waals surface area (Å²) < 4.78 is 0. The Hall–Kier alpha value is -1.75. The minimum absolute atomic E-state index is 0.0981. The second-order valence-electron chi connectivity index (χ2n) is 6.34. The Labute approximate surface area is 156 Å². The number of hydrogen-bond donors (Lipinski definition) is 1. The number of rotatable bonds is 10. The van der Waals surface area contributed by atoms with E-state index in [1.165, 1.54) is 0 Å². The number of hydrogen-bond acceptors (Lipinski definition) is 3. The molecule has 0 aromatic heterocycles. The van der Waals surface area contributed by atoms with E-state index in [-0.39, 0.29) is 11.8 Å². The van der Waals surface area contributed by atoms with E-state index in [4.69, 9.17) is 11.6 Å². The van der Waals surface area contributed by atoms with Crippen LogP contribution in [0.3, 0.4) is 0 Å². The molecule has 1 aromatic rings. The van der Waals surface area contributed by atoms with E-state index in [0.717, 1.165) is 31.6 Å². The van der Waals surface area contributed by atoms with Crippen LogP contribution >= 0.6 is 11.6 Å². The first-order valence-corrected chi connectivity index (χ1v) is 9.31. The molecule has 0 aliphatic rings. The number of amides is 2. The number of nitrogens with zero attached hydrogens (tertiary/aromatic N) is 2. The van der Waals surface area contributed by atoms with Gasteiger partial charge in [0.25, 0.3) is 0 Å². The number of anilines is 2. The molecular weight excluding hydrogens is 338 g/mol. The molecule has 0 unspecified atom stereocenters. The van der Waals surface area contributed by atoms with Crippen molar-refractivity contribution in [3.8, 4) is 0 Å². The Morgan fingerprint density at radius 1 is 1.08 bits per heavy atom. The molecular formula is C19H30ClN3O2. The molecule has 2 amide bonds. The average molecular weight is 368 g/mol. The first-order valence-electron chi connectivity index (χ1n) is 8.93.